The number of nitrogens with one attached hydrogen (secondary N) is 1. The van der Waals surface area contributed by atoms with Gasteiger partial charge in [0.25, 0.3) is 0 Å². The summed E-state index contributed by atoms with van der Waals surface area (Å²) >= 11 is 11.8. The predicted octanol–water partition coefficient (Wildman–Crippen LogP) is 4.07. The zero-order chi connectivity index (χ0) is 14.7. The van der Waals surface area contributed by atoms with Crippen molar-refractivity contribution in [3.63, 3.8) is 0 Å². The number of carbonyl (C=O) groups is 1. The van der Waals surface area contributed by atoms with Crippen molar-refractivity contribution < 1.29 is 4.79 Å². The van der Waals surface area contributed by atoms with Crippen molar-refractivity contribution in [1.29, 1.82) is 0 Å². The number of carbonyl (C=O) groups excluding carboxylic acids is 1. The van der Waals surface area contributed by atoms with E-state index in [4.69, 9.17) is 28.9 Å². The Balaban J connectivity index is 2.09. The summed E-state index contributed by atoms with van der Waals surface area (Å²) < 4.78 is 0. The molecule has 0 aliphatic heterocycles. The monoisotopic (exact) mass is 308 g/mol. The Hall–Kier alpha value is -1.71. The minimum absolute atomic E-state index is 0.128. The van der Waals surface area contributed by atoms with E-state index in [-0.39, 0.29) is 12.3 Å². The lowest BCUT2D eigenvalue weighted by molar-refractivity contribution is -0.115. The lowest BCUT2D eigenvalue weighted by atomic mass is 10.1. The highest BCUT2D eigenvalue weighted by Gasteiger charge is 2.08. The van der Waals surface area contributed by atoms with Gasteiger partial charge in [-0.1, -0.05) is 35.3 Å². The Bertz CT molecular complexity index is 656. The molecule has 0 atom stereocenters. The third-order valence-corrected chi connectivity index (χ3v) is 3.74. The smallest absolute Gasteiger partial charge is 0.228 e. The van der Waals surface area contributed by atoms with Gasteiger partial charge in [0.1, 0.15) is 0 Å². The Labute approximate surface area is 127 Å². The predicted molar refractivity (Wildman–Crippen MR) is 84.4 cm³/mol. The van der Waals surface area contributed by atoms with E-state index in [1.54, 1.807) is 30.3 Å². The number of hydrogen-bond acceptors (Lipinski definition) is 2. The van der Waals surface area contributed by atoms with Crippen molar-refractivity contribution in [2.24, 2.45) is 0 Å². The first-order valence-electron chi connectivity index (χ1n) is 6.06. The number of rotatable bonds is 3. The summed E-state index contributed by atoms with van der Waals surface area (Å²) in [4.78, 5) is 12.0. The molecule has 5 heteroatoms. The highest BCUT2D eigenvalue weighted by molar-refractivity contribution is 6.42. The van der Waals surface area contributed by atoms with Crippen molar-refractivity contribution in [3.8, 4) is 0 Å². The van der Waals surface area contributed by atoms with E-state index in [1.807, 2.05) is 13.0 Å². The molecule has 0 fully saturated rings. The van der Waals surface area contributed by atoms with Crippen LogP contribution in [0.3, 0.4) is 0 Å². The van der Waals surface area contributed by atoms with Crippen LogP contribution in [0.5, 0.6) is 0 Å². The van der Waals surface area contributed by atoms with E-state index in [9.17, 15) is 4.79 Å². The molecule has 0 unspecified atom stereocenters. The quantitative estimate of drug-likeness (QED) is 0.840. The van der Waals surface area contributed by atoms with Gasteiger partial charge in [0.15, 0.2) is 0 Å². The van der Waals surface area contributed by atoms with E-state index < -0.39 is 0 Å². The molecule has 0 radical (unpaired) electrons. The van der Waals surface area contributed by atoms with Gasteiger partial charge in [-0.2, -0.15) is 0 Å². The summed E-state index contributed by atoms with van der Waals surface area (Å²) in [7, 11) is 0. The third-order valence-electron chi connectivity index (χ3n) is 3.00. The Morgan fingerprint density at radius 2 is 1.95 bits per heavy atom. The van der Waals surface area contributed by atoms with E-state index in [1.165, 1.54) is 0 Å². The molecule has 0 bridgehead atoms. The molecule has 3 nitrogen and oxygen atoms in total. The fraction of sp³-hybridized carbons (Fsp3) is 0.133. The molecular weight excluding hydrogens is 295 g/mol. The van der Waals surface area contributed by atoms with Crippen molar-refractivity contribution in [1.82, 2.24) is 0 Å². The molecule has 104 valence electrons. The van der Waals surface area contributed by atoms with Crippen LogP contribution in [0.25, 0.3) is 0 Å². The van der Waals surface area contributed by atoms with Crippen LogP contribution in [-0.4, -0.2) is 5.91 Å². The normalized spacial score (nSPS) is 10.3. The van der Waals surface area contributed by atoms with E-state index in [0.717, 1.165) is 16.8 Å². The SMILES string of the molecule is Cc1c(N)cccc1NC(=O)Cc1ccc(Cl)c(Cl)c1. The van der Waals surface area contributed by atoms with Crippen LogP contribution in [0.4, 0.5) is 11.4 Å². The fourth-order valence-corrected chi connectivity index (χ4v) is 2.14. The van der Waals surface area contributed by atoms with Gasteiger partial charge >= 0.3 is 0 Å². The zero-order valence-corrected chi connectivity index (χ0v) is 12.4. The summed E-state index contributed by atoms with van der Waals surface area (Å²) in [6, 6.07) is 10.6. The van der Waals surface area contributed by atoms with E-state index >= 15 is 0 Å². The van der Waals surface area contributed by atoms with Gasteiger partial charge in [0.2, 0.25) is 5.91 Å². The second kappa shape index (κ2) is 6.16. The number of halogens is 2. The minimum Gasteiger partial charge on any atom is -0.398 e. The first-order valence-corrected chi connectivity index (χ1v) is 6.82. The third kappa shape index (κ3) is 3.44. The van der Waals surface area contributed by atoms with Gasteiger partial charge in [0.05, 0.1) is 16.5 Å². The lowest BCUT2D eigenvalue weighted by Crippen LogP contribution is -2.15. The van der Waals surface area contributed by atoms with E-state index in [0.29, 0.717) is 15.7 Å². The summed E-state index contributed by atoms with van der Waals surface area (Å²) in [5.41, 5.74) is 8.83. The van der Waals surface area contributed by atoms with Gasteiger partial charge in [0, 0.05) is 11.4 Å². The van der Waals surface area contributed by atoms with Crippen LogP contribution >= 0.6 is 23.2 Å². The number of benzene rings is 2. The second-order valence-corrected chi connectivity index (χ2v) is 5.31. The van der Waals surface area contributed by atoms with Gasteiger partial charge in [-0.3, -0.25) is 4.79 Å². The molecule has 0 spiro atoms. The highest BCUT2D eigenvalue weighted by Crippen LogP contribution is 2.24. The van der Waals surface area contributed by atoms with Gasteiger partial charge in [-0.15, -0.1) is 0 Å². The van der Waals surface area contributed by atoms with Gasteiger partial charge in [-0.25, -0.2) is 0 Å². The summed E-state index contributed by atoms with van der Waals surface area (Å²) in [6.07, 6.45) is 0.227. The summed E-state index contributed by atoms with van der Waals surface area (Å²) in [5.74, 6) is -0.128. The van der Waals surface area contributed by atoms with Crippen molar-refractivity contribution >= 4 is 40.5 Å². The Kier molecular flexibility index (Phi) is 4.53. The number of nitrogens with two attached hydrogens (primary N) is 1. The maximum Gasteiger partial charge on any atom is 0.228 e. The number of nitrogen functional groups attached to an aromatic ring is 1. The van der Waals surface area contributed by atoms with Crippen LogP contribution in [0.15, 0.2) is 36.4 Å². The maximum atomic E-state index is 12.0. The first-order chi connectivity index (χ1) is 9.47. The molecule has 0 aromatic heterocycles. The molecule has 20 heavy (non-hydrogen) atoms. The van der Waals surface area contributed by atoms with Gasteiger partial charge < -0.3 is 11.1 Å². The molecule has 0 heterocycles. The highest BCUT2D eigenvalue weighted by atomic mass is 35.5. The molecule has 0 saturated carbocycles. The largest absolute Gasteiger partial charge is 0.398 e. The molecule has 2 aromatic carbocycles. The van der Waals surface area contributed by atoms with Crippen molar-refractivity contribution in [3.05, 3.63) is 57.6 Å². The van der Waals surface area contributed by atoms with Gasteiger partial charge in [-0.05, 0) is 42.3 Å². The average Bonchev–Trinajstić information content (AvgIpc) is 2.39. The van der Waals surface area contributed by atoms with Crippen molar-refractivity contribution in [2.75, 3.05) is 11.1 Å². The Morgan fingerprint density at radius 1 is 1.20 bits per heavy atom. The lowest BCUT2D eigenvalue weighted by Gasteiger charge is -2.10. The van der Waals surface area contributed by atoms with Crippen LogP contribution in [0.1, 0.15) is 11.1 Å². The van der Waals surface area contributed by atoms with E-state index in [2.05, 4.69) is 5.32 Å². The molecule has 2 aromatic rings. The molecule has 3 N–H and O–H groups in total. The number of anilines is 2. The van der Waals surface area contributed by atoms with Crippen LogP contribution in [-0.2, 0) is 11.2 Å². The molecule has 2 rings (SSSR count). The topological polar surface area (TPSA) is 55.1 Å². The molecule has 0 saturated heterocycles. The number of hydrogen-bond donors (Lipinski definition) is 2. The molecular formula is C15H14Cl2N2O. The molecule has 0 aliphatic carbocycles. The summed E-state index contributed by atoms with van der Waals surface area (Å²) in [5, 5.41) is 3.75. The fourth-order valence-electron chi connectivity index (χ4n) is 1.82. The molecule has 1 amide bonds. The zero-order valence-electron chi connectivity index (χ0n) is 10.9. The van der Waals surface area contributed by atoms with Crippen molar-refractivity contribution in [2.45, 2.75) is 13.3 Å². The standard InChI is InChI=1S/C15H14Cl2N2O/c1-9-13(18)3-2-4-14(9)19-15(20)8-10-5-6-11(16)12(17)7-10/h2-7H,8,18H2,1H3,(H,19,20). The average molecular weight is 309 g/mol. The second-order valence-electron chi connectivity index (χ2n) is 4.49. The van der Waals surface area contributed by atoms with Crippen LogP contribution < -0.4 is 11.1 Å². The maximum absolute atomic E-state index is 12.0. The minimum atomic E-state index is -0.128. The Morgan fingerprint density at radius 3 is 2.65 bits per heavy atom. The number of amides is 1. The first kappa shape index (κ1) is 14.7. The molecule has 0 aliphatic rings. The summed E-state index contributed by atoms with van der Waals surface area (Å²) in [6.45, 7) is 1.87. The van der Waals surface area contributed by atoms with Crippen LogP contribution in [0.2, 0.25) is 10.0 Å². The van der Waals surface area contributed by atoms with Crippen LogP contribution in [0, 0.1) is 6.92 Å².